The number of carbonyl (C=O) groups is 1. The van der Waals surface area contributed by atoms with E-state index in [1.165, 1.54) is 7.11 Å². The first-order chi connectivity index (χ1) is 8.25. The number of rotatable bonds is 1. The molecule has 96 valence electrons. The topological polar surface area (TPSA) is 77.5 Å². The normalized spacial score (nSPS) is 6.33. The van der Waals surface area contributed by atoms with Crippen molar-refractivity contribution in [3.63, 3.8) is 0 Å². The minimum Gasteiger partial charge on any atom is -0.545 e. The molecule has 0 N–H and O–H groups in total. The fourth-order valence-corrected chi connectivity index (χ4v) is 1.11. The van der Waals surface area contributed by atoms with E-state index in [1.807, 2.05) is 0 Å². The number of esters is 1. The van der Waals surface area contributed by atoms with Gasteiger partial charge in [-0.15, -0.1) is 0 Å². The van der Waals surface area contributed by atoms with E-state index in [0.717, 1.165) is 0 Å². The summed E-state index contributed by atoms with van der Waals surface area (Å²) in [5.74, 6) is -0.353. The van der Waals surface area contributed by atoms with Crippen LogP contribution in [0.5, 0.6) is 0 Å². The molecule has 0 amide bonds. The van der Waals surface area contributed by atoms with Crippen LogP contribution in [0.4, 0.5) is 0 Å². The molecule has 0 saturated carbocycles. The predicted octanol–water partition coefficient (Wildman–Crippen LogP) is 1.21. The van der Waals surface area contributed by atoms with Gasteiger partial charge < -0.3 is 19.1 Å². The van der Waals surface area contributed by atoms with Crippen molar-refractivity contribution in [1.29, 1.82) is 0 Å². The third-order valence-electron chi connectivity index (χ3n) is 1.21. The fraction of sp³-hybridized carbons (Fsp3) is 0.0909. The van der Waals surface area contributed by atoms with E-state index in [2.05, 4.69) is 47.1 Å². The molecule has 0 saturated heterocycles. The zero-order chi connectivity index (χ0) is 14.3. The summed E-state index contributed by atoms with van der Waals surface area (Å²) in [5, 5.41) is 0. The minimum absolute atomic E-state index is 0. The third kappa shape index (κ3) is 11.2. The second-order valence-electron chi connectivity index (χ2n) is 1.89. The van der Waals surface area contributed by atoms with Crippen molar-refractivity contribution >= 4 is 42.3 Å². The van der Waals surface area contributed by atoms with E-state index in [4.69, 9.17) is 14.4 Å². The first-order valence-electron chi connectivity index (χ1n) is 3.71. The quantitative estimate of drug-likeness (QED) is 0.431. The molecule has 0 spiro atoms. The number of hydrogen-bond donors (Lipinski definition) is 0. The molecule has 0 unspecified atom stereocenters. The molecule has 0 fully saturated rings. The van der Waals surface area contributed by atoms with Crippen molar-refractivity contribution in [3.05, 3.63) is 34.3 Å². The Bertz CT molecular complexity index is 317. The van der Waals surface area contributed by atoms with Crippen LogP contribution in [0.25, 0.3) is 0 Å². The first kappa shape index (κ1) is 25.5. The maximum atomic E-state index is 11.0. The van der Waals surface area contributed by atoms with E-state index in [9.17, 15) is 4.79 Å². The average molecular weight is 353 g/mol. The van der Waals surface area contributed by atoms with Gasteiger partial charge in [0.25, 0.3) is 5.97 Å². The molecule has 0 aliphatic rings. The number of methoxy groups -OCH3 is 1. The van der Waals surface area contributed by atoms with Crippen molar-refractivity contribution in [3.8, 4) is 0 Å². The summed E-state index contributed by atoms with van der Waals surface area (Å²) in [6, 6.07) is 7.96. The monoisotopic (exact) mass is 352 g/mol. The van der Waals surface area contributed by atoms with Crippen LogP contribution < -0.4 is 0 Å². The second-order valence-corrected chi connectivity index (χ2v) is 2.68. The van der Waals surface area contributed by atoms with E-state index >= 15 is 0 Å². The summed E-state index contributed by atoms with van der Waals surface area (Å²) in [4.78, 5) is 34.2. The summed E-state index contributed by atoms with van der Waals surface area (Å²) in [5.41, 5.74) is 0.495. The third-order valence-corrected chi connectivity index (χ3v) is 1.87. The molecular formula is C11H9BrCrO5. The van der Waals surface area contributed by atoms with Gasteiger partial charge in [-0.1, -0.05) is 20.4 Å². The Morgan fingerprint density at radius 1 is 1.22 bits per heavy atom. The number of carbonyl (C=O) groups excluding carboxylic acids is 4. The largest absolute Gasteiger partial charge is 4.00 e. The van der Waals surface area contributed by atoms with E-state index < -0.39 is 0 Å². The Labute approximate surface area is 125 Å². The average Bonchev–Trinajstić information content (AvgIpc) is 2.45. The Kier molecular flexibility index (Phi) is 29.9. The molecule has 0 aliphatic heterocycles. The van der Waals surface area contributed by atoms with Crippen molar-refractivity contribution in [2.75, 3.05) is 7.11 Å². The molecule has 0 bridgehead atoms. The molecule has 1 rings (SSSR count). The number of ether oxygens (including phenoxy) is 1. The molecule has 7 heteroatoms. The van der Waals surface area contributed by atoms with Gasteiger partial charge in [0.15, 0.2) is 0 Å². The summed E-state index contributed by atoms with van der Waals surface area (Å²) < 4.78 is 5.16. The number of halogens is 1. The molecule has 1 aromatic rings. The van der Waals surface area contributed by atoms with Crippen LogP contribution in [-0.2, 0) is 36.5 Å². The molecule has 0 aromatic heterocycles. The molecule has 18 heavy (non-hydrogen) atoms. The molecule has 0 atom stereocenters. The van der Waals surface area contributed by atoms with Crippen LogP contribution in [0.1, 0.15) is 10.4 Å². The molecular weight excluding hydrogens is 344 g/mol. The van der Waals surface area contributed by atoms with Gasteiger partial charge >= 0.3 is 17.4 Å². The van der Waals surface area contributed by atoms with Crippen LogP contribution in [0.3, 0.4) is 0 Å². The maximum absolute atomic E-state index is 11.0. The first-order valence-corrected chi connectivity index (χ1v) is 4.50. The van der Waals surface area contributed by atoms with Crippen LogP contribution in [0, 0.1) is 6.07 Å². The Morgan fingerprint density at radius 3 is 2.00 bits per heavy atom. The Hall–Kier alpha value is -1.29. The van der Waals surface area contributed by atoms with Gasteiger partial charge in [0, 0.05) is 0 Å². The van der Waals surface area contributed by atoms with Crippen molar-refractivity contribution in [2.24, 2.45) is 0 Å². The summed E-state index contributed by atoms with van der Waals surface area (Å²) in [6.07, 6.45) is 0. The van der Waals surface area contributed by atoms with Gasteiger partial charge in [0.2, 0.25) is 0 Å². The Balaban J connectivity index is -0.000000123. The van der Waals surface area contributed by atoms with E-state index in [0.29, 0.717) is 10.0 Å². The smallest absolute Gasteiger partial charge is 0.545 e. The molecule has 0 aliphatic carbocycles. The number of benzene rings is 1. The van der Waals surface area contributed by atoms with Gasteiger partial charge in [-0.05, 0) is 5.56 Å². The zero-order valence-corrected chi connectivity index (χ0v) is 12.2. The zero-order valence-electron chi connectivity index (χ0n) is 9.29. The van der Waals surface area contributed by atoms with Crippen LogP contribution in [-0.4, -0.2) is 33.4 Å². The number of hydrogen-bond acceptors (Lipinski definition) is 5. The van der Waals surface area contributed by atoms with E-state index in [-0.39, 0.29) is 23.3 Å². The van der Waals surface area contributed by atoms with Gasteiger partial charge in [-0.3, -0.25) is 25.2 Å². The van der Waals surface area contributed by atoms with Gasteiger partial charge in [0.1, 0.15) is 0 Å². The van der Waals surface area contributed by atoms with E-state index in [1.54, 1.807) is 18.2 Å². The molecule has 1 aromatic carbocycles. The fourth-order valence-electron chi connectivity index (χ4n) is 0.684. The molecule has 5 nitrogen and oxygen atoms in total. The second kappa shape index (κ2) is 21.0. The predicted molar refractivity (Wildman–Crippen MR) is 64.6 cm³/mol. The summed E-state index contributed by atoms with van der Waals surface area (Å²) in [7, 11) is 1.35. The Morgan fingerprint density at radius 2 is 1.67 bits per heavy atom. The maximum Gasteiger partial charge on any atom is 4.00 e. The summed E-state index contributed by atoms with van der Waals surface area (Å²) in [6.45, 7) is 9.75. The van der Waals surface area contributed by atoms with Crippen LogP contribution in [0.2, 0.25) is 0 Å². The van der Waals surface area contributed by atoms with Crippen molar-refractivity contribution in [1.82, 2.24) is 0 Å². The SMILES string of the molecule is COC(=O)c1ccc[c-]c1Br.[CH-]=O.[CH-]=O.[CH-]=O.[Cr+4]. The van der Waals surface area contributed by atoms with Crippen LogP contribution >= 0.6 is 15.9 Å². The molecule has 0 heterocycles. The van der Waals surface area contributed by atoms with Crippen molar-refractivity contribution in [2.45, 2.75) is 0 Å². The summed E-state index contributed by atoms with van der Waals surface area (Å²) >= 11 is 3.18. The van der Waals surface area contributed by atoms with Gasteiger partial charge in [-0.25, -0.2) is 0 Å². The van der Waals surface area contributed by atoms with Crippen molar-refractivity contribution < 1.29 is 41.3 Å². The molecule has 0 radical (unpaired) electrons. The van der Waals surface area contributed by atoms with Gasteiger partial charge in [-0.2, -0.15) is 24.3 Å². The van der Waals surface area contributed by atoms with Crippen LogP contribution in [0.15, 0.2) is 22.7 Å². The van der Waals surface area contributed by atoms with Gasteiger partial charge in [0.05, 0.1) is 7.11 Å². The standard InChI is InChI=1S/C8H6BrO2.3CHO.Cr/c1-11-8(10)6-4-2-3-5-7(6)9;3*1-2;/h2-4H,1H3;3*1H;/q4*-1;+4. The minimum atomic E-state index is -0.353.